The topological polar surface area (TPSA) is 58.2 Å². The molecule has 2 N–H and O–H groups in total. The monoisotopic (exact) mass is 248 g/mol. The summed E-state index contributed by atoms with van der Waals surface area (Å²) in [5.41, 5.74) is 0. The van der Waals surface area contributed by atoms with Gasteiger partial charge in [0.2, 0.25) is 0 Å². The molecule has 0 spiro atoms. The van der Waals surface area contributed by atoms with Crippen molar-refractivity contribution in [2.75, 3.05) is 6.54 Å². The van der Waals surface area contributed by atoms with E-state index in [0.717, 1.165) is 12.8 Å². The zero-order chi connectivity index (χ0) is 12.3. The Labute approximate surface area is 99.4 Å². The first-order valence-corrected chi connectivity index (χ1v) is 7.57. The second-order valence-electron chi connectivity index (χ2n) is 5.40. The van der Waals surface area contributed by atoms with Gasteiger partial charge in [-0.15, -0.1) is 0 Å². The van der Waals surface area contributed by atoms with E-state index in [1.165, 1.54) is 0 Å². The smallest absolute Gasteiger partial charge is 0.202 e. The van der Waals surface area contributed by atoms with Crippen LogP contribution in [0.5, 0.6) is 0 Å². The Balaban J connectivity index is 2.41. The van der Waals surface area contributed by atoms with Crippen molar-refractivity contribution < 1.29 is 8.42 Å². The van der Waals surface area contributed by atoms with Gasteiger partial charge < -0.3 is 0 Å². The maximum atomic E-state index is 11.6. The van der Waals surface area contributed by atoms with Gasteiger partial charge in [-0.05, 0) is 30.6 Å². The molecule has 0 aliphatic heterocycles. The van der Waals surface area contributed by atoms with Crippen LogP contribution >= 0.6 is 0 Å². The Hall–Kier alpha value is -0.130. The van der Waals surface area contributed by atoms with Gasteiger partial charge in [0.1, 0.15) is 0 Å². The van der Waals surface area contributed by atoms with Crippen molar-refractivity contribution in [3.05, 3.63) is 0 Å². The summed E-state index contributed by atoms with van der Waals surface area (Å²) in [5, 5.41) is 0. The van der Waals surface area contributed by atoms with Gasteiger partial charge in [-0.25, -0.2) is 4.72 Å². The van der Waals surface area contributed by atoms with Crippen LogP contribution in [0, 0.1) is 17.8 Å². The van der Waals surface area contributed by atoms with Gasteiger partial charge in [0.15, 0.2) is 0 Å². The van der Waals surface area contributed by atoms with Crippen LogP contribution in [0.1, 0.15) is 40.5 Å². The summed E-state index contributed by atoms with van der Waals surface area (Å²) in [6.45, 7) is 9.05. The summed E-state index contributed by atoms with van der Waals surface area (Å²) in [6.07, 6.45) is 1.94. The molecule has 0 heterocycles. The molecule has 0 atom stereocenters. The molecule has 1 saturated carbocycles. The van der Waals surface area contributed by atoms with Crippen molar-refractivity contribution in [3.8, 4) is 0 Å². The van der Waals surface area contributed by atoms with E-state index in [1.54, 1.807) is 0 Å². The first-order chi connectivity index (χ1) is 7.32. The standard InChI is InChI=1S/C11H24N2O2S/c1-8(2)11(9(3)4)7-12-16(14,15)13-10-5-6-10/h8-13H,5-7H2,1-4H3. The number of hydrogen-bond acceptors (Lipinski definition) is 2. The third-order valence-corrected chi connectivity index (χ3v) is 4.31. The molecule has 0 amide bonds. The van der Waals surface area contributed by atoms with Gasteiger partial charge in [-0.2, -0.15) is 13.1 Å². The lowest BCUT2D eigenvalue weighted by Crippen LogP contribution is -2.41. The van der Waals surface area contributed by atoms with Crippen molar-refractivity contribution in [1.82, 2.24) is 9.44 Å². The second-order valence-corrected chi connectivity index (χ2v) is 6.93. The molecule has 0 unspecified atom stereocenters. The molecule has 1 aliphatic rings. The van der Waals surface area contributed by atoms with Gasteiger partial charge in [0.05, 0.1) is 0 Å². The molecule has 0 bridgehead atoms. The summed E-state index contributed by atoms with van der Waals surface area (Å²) >= 11 is 0. The Bertz CT molecular complexity index is 300. The van der Waals surface area contributed by atoms with E-state index in [0.29, 0.717) is 24.3 Å². The van der Waals surface area contributed by atoms with Gasteiger partial charge in [-0.1, -0.05) is 27.7 Å². The summed E-state index contributed by atoms with van der Waals surface area (Å²) in [6, 6.07) is 0.175. The van der Waals surface area contributed by atoms with Crippen molar-refractivity contribution in [1.29, 1.82) is 0 Å². The number of rotatable bonds is 7. The predicted octanol–water partition coefficient (Wildman–Crippen LogP) is 1.50. The molecule has 0 aromatic carbocycles. The van der Waals surface area contributed by atoms with Crippen LogP contribution in [0.2, 0.25) is 0 Å². The molecule has 4 nitrogen and oxygen atoms in total. The fourth-order valence-electron chi connectivity index (χ4n) is 1.91. The lowest BCUT2D eigenvalue weighted by molar-refractivity contribution is 0.288. The molecule has 1 fully saturated rings. The maximum absolute atomic E-state index is 11.6. The second kappa shape index (κ2) is 5.47. The summed E-state index contributed by atoms with van der Waals surface area (Å²) in [7, 11) is -3.28. The van der Waals surface area contributed by atoms with Crippen LogP contribution in [0.15, 0.2) is 0 Å². The molecule has 16 heavy (non-hydrogen) atoms. The lowest BCUT2D eigenvalue weighted by Gasteiger charge is -2.25. The summed E-state index contributed by atoms with van der Waals surface area (Å²) in [4.78, 5) is 0. The van der Waals surface area contributed by atoms with Gasteiger partial charge in [0, 0.05) is 12.6 Å². The van der Waals surface area contributed by atoms with Crippen LogP contribution in [-0.2, 0) is 10.2 Å². The molecule has 0 saturated heterocycles. The average Bonchev–Trinajstić information content (AvgIpc) is 2.85. The van der Waals surface area contributed by atoms with E-state index in [-0.39, 0.29) is 6.04 Å². The molecular formula is C11H24N2O2S. The fraction of sp³-hybridized carbons (Fsp3) is 1.00. The Morgan fingerprint density at radius 3 is 2.00 bits per heavy atom. The largest absolute Gasteiger partial charge is 0.277 e. The average molecular weight is 248 g/mol. The number of hydrogen-bond donors (Lipinski definition) is 2. The van der Waals surface area contributed by atoms with E-state index in [2.05, 4.69) is 37.1 Å². The Kier molecular flexibility index (Phi) is 4.76. The normalized spacial score (nSPS) is 17.7. The number of nitrogens with one attached hydrogen (secondary N) is 2. The van der Waals surface area contributed by atoms with Crippen molar-refractivity contribution in [3.63, 3.8) is 0 Å². The highest BCUT2D eigenvalue weighted by atomic mass is 32.2. The Morgan fingerprint density at radius 1 is 1.12 bits per heavy atom. The molecular weight excluding hydrogens is 224 g/mol. The van der Waals surface area contributed by atoms with Crippen LogP contribution in [-0.4, -0.2) is 21.0 Å². The molecule has 1 rings (SSSR count). The third kappa shape index (κ3) is 4.80. The summed E-state index contributed by atoms with van der Waals surface area (Å²) in [5.74, 6) is 1.36. The minimum absolute atomic E-state index is 0.175. The highest BCUT2D eigenvalue weighted by Gasteiger charge is 2.27. The third-order valence-electron chi connectivity index (χ3n) is 3.12. The van der Waals surface area contributed by atoms with Gasteiger partial charge in [-0.3, -0.25) is 0 Å². The van der Waals surface area contributed by atoms with Gasteiger partial charge >= 0.3 is 0 Å². The molecule has 96 valence electrons. The SMILES string of the molecule is CC(C)C(CNS(=O)(=O)NC1CC1)C(C)C. The Morgan fingerprint density at radius 2 is 1.62 bits per heavy atom. The lowest BCUT2D eigenvalue weighted by atomic mass is 9.86. The quantitative estimate of drug-likeness (QED) is 0.717. The highest BCUT2D eigenvalue weighted by molar-refractivity contribution is 7.87. The molecule has 0 aromatic heterocycles. The van der Waals surface area contributed by atoms with Crippen LogP contribution in [0.4, 0.5) is 0 Å². The first kappa shape index (κ1) is 13.9. The predicted molar refractivity (Wildman–Crippen MR) is 66.2 cm³/mol. The summed E-state index contributed by atoms with van der Waals surface area (Å²) < 4.78 is 28.5. The molecule has 1 aliphatic carbocycles. The van der Waals surface area contributed by atoms with Crippen molar-refractivity contribution in [2.45, 2.75) is 46.6 Å². The van der Waals surface area contributed by atoms with Gasteiger partial charge in [0.25, 0.3) is 10.2 Å². The van der Waals surface area contributed by atoms with E-state index in [4.69, 9.17) is 0 Å². The van der Waals surface area contributed by atoms with Crippen LogP contribution < -0.4 is 9.44 Å². The molecule has 0 aromatic rings. The minimum atomic E-state index is -3.28. The molecule has 5 heteroatoms. The zero-order valence-corrected chi connectivity index (χ0v) is 11.5. The fourth-order valence-corrected chi connectivity index (χ4v) is 3.08. The van der Waals surface area contributed by atoms with Crippen LogP contribution in [0.25, 0.3) is 0 Å². The van der Waals surface area contributed by atoms with E-state index >= 15 is 0 Å². The maximum Gasteiger partial charge on any atom is 0.277 e. The van der Waals surface area contributed by atoms with Crippen molar-refractivity contribution in [2.24, 2.45) is 17.8 Å². The zero-order valence-electron chi connectivity index (χ0n) is 10.7. The molecule has 0 radical (unpaired) electrons. The highest BCUT2D eigenvalue weighted by Crippen LogP contribution is 2.21. The van der Waals surface area contributed by atoms with E-state index < -0.39 is 10.2 Å². The van der Waals surface area contributed by atoms with E-state index in [9.17, 15) is 8.42 Å². The van der Waals surface area contributed by atoms with Crippen LogP contribution in [0.3, 0.4) is 0 Å². The van der Waals surface area contributed by atoms with Crippen molar-refractivity contribution >= 4 is 10.2 Å². The minimum Gasteiger partial charge on any atom is -0.202 e. The first-order valence-electron chi connectivity index (χ1n) is 6.08. The van der Waals surface area contributed by atoms with E-state index in [1.807, 2.05) is 0 Å².